The highest BCUT2D eigenvalue weighted by Crippen LogP contribution is 2.30. The van der Waals surface area contributed by atoms with E-state index >= 15 is 0 Å². The Hall–Kier alpha value is -3.22. The van der Waals surface area contributed by atoms with E-state index in [2.05, 4.69) is 4.98 Å². The molecule has 5 nitrogen and oxygen atoms in total. The lowest BCUT2D eigenvalue weighted by Crippen LogP contribution is -2.56. The Morgan fingerprint density at radius 1 is 1.17 bits per heavy atom. The third-order valence-corrected chi connectivity index (χ3v) is 5.49. The first-order valence-electron chi connectivity index (χ1n) is 9.38. The predicted octanol–water partition coefficient (Wildman–Crippen LogP) is 3.45. The molecular weight excluding hydrogens is 376 g/mol. The summed E-state index contributed by atoms with van der Waals surface area (Å²) in [5, 5.41) is -0.144. The Labute approximate surface area is 166 Å². The van der Waals surface area contributed by atoms with Crippen molar-refractivity contribution in [2.75, 3.05) is 25.5 Å². The van der Waals surface area contributed by atoms with Gasteiger partial charge in [0.15, 0.2) is 5.43 Å². The van der Waals surface area contributed by atoms with Crippen LogP contribution in [0.3, 0.4) is 0 Å². The van der Waals surface area contributed by atoms with Gasteiger partial charge < -0.3 is 14.8 Å². The largest absolute Gasteiger partial charge is 0.359 e. The van der Waals surface area contributed by atoms with Crippen molar-refractivity contribution >= 4 is 22.5 Å². The fourth-order valence-electron chi connectivity index (χ4n) is 3.79. The van der Waals surface area contributed by atoms with Crippen LogP contribution in [0, 0.1) is 18.6 Å². The van der Waals surface area contributed by atoms with Gasteiger partial charge in [-0.3, -0.25) is 9.59 Å². The maximum absolute atomic E-state index is 14.1. The number of pyridine rings is 1. The van der Waals surface area contributed by atoms with Crippen molar-refractivity contribution in [3.63, 3.8) is 0 Å². The number of carbonyl (C=O) groups excluding carboxylic acids is 1. The molecule has 2 aromatic carbocycles. The molecule has 1 N–H and O–H groups in total. The zero-order valence-corrected chi connectivity index (χ0v) is 16.4. The number of anilines is 1. The fraction of sp³-hybridized carbons (Fsp3) is 0.273. The molecule has 1 fully saturated rings. The lowest BCUT2D eigenvalue weighted by Gasteiger charge is -2.42. The summed E-state index contributed by atoms with van der Waals surface area (Å²) in [6, 6.07) is 9.12. The standard InChI is InChI=1S/C22H21F2N3O2/c1-12-20(25-17-11-14(23)10-16(24)19(17)21(12)28)13-4-6-15(7-5-13)27-9-8-18(27)22(29)26(2)3/h4-7,10-11,18H,8-9H2,1-3H3,(H,25,28)/t18-/m1/s1. The van der Waals surface area contributed by atoms with Crippen molar-refractivity contribution in [2.24, 2.45) is 0 Å². The number of aromatic nitrogens is 1. The first-order valence-corrected chi connectivity index (χ1v) is 9.38. The number of halogens is 2. The smallest absolute Gasteiger partial charge is 0.244 e. The molecule has 1 aromatic heterocycles. The molecule has 4 rings (SSSR count). The van der Waals surface area contributed by atoms with Gasteiger partial charge in [0.2, 0.25) is 5.91 Å². The Kier molecular flexibility index (Phi) is 4.61. The minimum absolute atomic E-state index is 0.0686. The van der Waals surface area contributed by atoms with E-state index in [0.29, 0.717) is 17.3 Å². The number of nitrogens with zero attached hydrogens (tertiary/aromatic N) is 2. The van der Waals surface area contributed by atoms with Gasteiger partial charge >= 0.3 is 0 Å². The number of aromatic amines is 1. The molecule has 29 heavy (non-hydrogen) atoms. The van der Waals surface area contributed by atoms with Crippen LogP contribution in [0.1, 0.15) is 12.0 Å². The number of fused-ring (bicyclic) bond motifs is 1. The molecule has 0 radical (unpaired) electrons. The predicted molar refractivity (Wildman–Crippen MR) is 109 cm³/mol. The molecule has 2 heterocycles. The summed E-state index contributed by atoms with van der Waals surface area (Å²) in [6.07, 6.45) is 0.812. The lowest BCUT2D eigenvalue weighted by molar-refractivity contribution is -0.131. The highest BCUT2D eigenvalue weighted by atomic mass is 19.1. The lowest BCUT2D eigenvalue weighted by atomic mass is 9.99. The topological polar surface area (TPSA) is 56.4 Å². The normalized spacial score (nSPS) is 16.0. The van der Waals surface area contributed by atoms with Gasteiger partial charge in [0.25, 0.3) is 0 Å². The average Bonchev–Trinajstić information content (AvgIpc) is 2.63. The number of rotatable bonds is 3. The molecule has 7 heteroatoms. The van der Waals surface area contributed by atoms with Gasteiger partial charge in [0.1, 0.15) is 17.7 Å². The van der Waals surface area contributed by atoms with Crippen LogP contribution in [0.25, 0.3) is 22.2 Å². The van der Waals surface area contributed by atoms with E-state index < -0.39 is 17.1 Å². The van der Waals surface area contributed by atoms with Crippen LogP contribution in [0.2, 0.25) is 0 Å². The second-order valence-electron chi connectivity index (χ2n) is 7.54. The van der Waals surface area contributed by atoms with Gasteiger partial charge in [-0.15, -0.1) is 0 Å². The van der Waals surface area contributed by atoms with Gasteiger partial charge in [-0.05, 0) is 37.1 Å². The van der Waals surface area contributed by atoms with Crippen LogP contribution >= 0.6 is 0 Å². The number of amides is 1. The van der Waals surface area contributed by atoms with E-state index in [1.165, 1.54) is 0 Å². The number of nitrogens with one attached hydrogen (secondary N) is 1. The van der Waals surface area contributed by atoms with Crippen molar-refractivity contribution in [3.8, 4) is 11.3 Å². The number of hydrogen-bond donors (Lipinski definition) is 1. The first-order chi connectivity index (χ1) is 13.8. The molecule has 0 spiro atoms. The minimum Gasteiger partial charge on any atom is -0.359 e. The van der Waals surface area contributed by atoms with E-state index in [-0.39, 0.29) is 22.9 Å². The second kappa shape index (κ2) is 6.99. The first kappa shape index (κ1) is 19.1. The van der Waals surface area contributed by atoms with Crippen molar-refractivity contribution < 1.29 is 13.6 Å². The number of hydrogen-bond acceptors (Lipinski definition) is 3. The Bertz CT molecular complexity index is 1170. The molecule has 0 aliphatic carbocycles. The van der Waals surface area contributed by atoms with Crippen molar-refractivity contribution in [1.82, 2.24) is 9.88 Å². The molecule has 1 atom stereocenters. The SMILES string of the molecule is Cc1c(-c2ccc(N3CC[C@@H]3C(=O)N(C)C)cc2)[nH]c2cc(F)cc(F)c2c1=O. The molecule has 1 aliphatic heterocycles. The monoisotopic (exact) mass is 397 g/mol. The summed E-state index contributed by atoms with van der Waals surface area (Å²) in [4.78, 5) is 31.5. The summed E-state index contributed by atoms with van der Waals surface area (Å²) in [5.74, 6) is -1.55. The van der Waals surface area contributed by atoms with E-state index in [4.69, 9.17) is 0 Å². The average molecular weight is 397 g/mol. The molecule has 1 aliphatic rings. The minimum atomic E-state index is -0.874. The molecular formula is C22H21F2N3O2. The van der Waals surface area contributed by atoms with Gasteiger partial charge in [-0.2, -0.15) is 0 Å². The third-order valence-electron chi connectivity index (χ3n) is 5.49. The molecule has 1 amide bonds. The number of benzene rings is 2. The number of carbonyl (C=O) groups is 1. The zero-order valence-electron chi connectivity index (χ0n) is 16.4. The summed E-state index contributed by atoms with van der Waals surface area (Å²) in [6.45, 7) is 2.42. The van der Waals surface area contributed by atoms with Gasteiger partial charge in [0, 0.05) is 38.0 Å². The highest BCUT2D eigenvalue weighted by molar-refractivity contribution is 5.87. The van der Waals surface area contributed by atoms with E-state index in [9.17, 15) is 18.4 Å². The van der Waals surface area contributed by atoms with Crippen LogP contribution in [0.4, 0.5) is 14.5 Å². The zero-order chi connectivity index (χ0) is 20.9. The van der Waals surface area contributed by atoms with Gasteiger partial charge in [-0.25, -0.2) is 8.78 Å². The third kappa shape index (κ3) is 3.16. The summed E-state index contributed by atoms with van der Waals surface area (Å²) < 4.78 is 27.7. The number of H-pyrrole nitrogens is 1. The second-order valence-corrected chi connectivity index (χ2v) is 7.54. The summed E-state index contributed by atoms with van der Waals surface area (Å²) in [7, 11) is 3.49. The van der Waals surface area contributed by atoms with Crippen LogP contribution < -0.4 is 10.3 Å². The van der Waals surface area contributed by atoms with E-state index in [0.717, 1.165) is 30.3 Å². The van der Waals surface area contributed by atoms with Gasteiger partial charge in [0.05, 0.1) is 16.6 Å². The van der Waals surface area contributed by atoms with Crippen molar-refractivity contribution in [1.29, 1.82) is 0 Å². The molecule has 1 saturated heterocycles. The van der Waals surface area contributed by atoms with Gasteiger partial charge in [-0.1, -0.05) is 12.1 Å². The van der Waals surface area contributed by atoms with Crippen LogP contribution in [-0.2, 0) is 4.79 Å². The van der Waals surface area contributed by atoms with Crippen LogP contribution in [0.5, 0.6) is 0 Å². The molecule has 3 aromatic rings. The quantitative estimate of drug-likeness (QED) is 0.737. The van der Waals surface area contributed by atoms with E-state index in [1.807, 2.05) is 29.2 Å². The Morgan fingerprint density at radius 3 is 2.45 bits per heavy atom. The highest BCUT2D eigenvalue weighted by Gasteiger charge is 2.35. The van der Waals surface area contributed by atoms with Crippen molar-refractivity contribution in [2.45, 2.75) is 19.4 Å². The summed E-state index contributed by atoms with van der Waals surface area (Å²) >= 11 is 0. The van der Waals surface area contributed by atoms with Crippen molar-refractivity contribution in [3.05, 3.63) is 63.8 Å². The number of likely N-dealkylation sites (N-methyl/N-ethyl adjacent to an activating group) is 1. The molecule has 150 valence electrons. The summed E-state index contributed by atoms with van der Waals surface area (Å²) in [5.41, 5.74) is 2.18. The fourth-order valence-corrected chi connectivity index (χ4v) is 3.79. The molecule has 0 bridgehead atoms. The Morgan fingerprint density at radius 2 is 1.86 bits per heavy atom. The maximum atomic E-state index is 14.1. The van der Waals surface area contributed by atoms with Crippen LogP contribution in [-0.4, -0.2) is 42.5 Å². The van der Waals surface area contributed by atoms with Crippen LogP contribution in [0.15, 0.2) is 41.2 Å². The maximum Gasteiger partial charge on any atom is 0.244 e. The molecule has 0 unspecified atom stereocenters. The Balaban J connectivity index is 1.71. The van der Waals surface area contributed by atoms with E-state index in [1.54, 1.807) is 25.9 Å². The molecule has 0 saturated carbocycles.